The summed E-state index contributed by atoms with van der Waals surface area (Å²) >= 11 is 0. The largest absolute Gasteiger partial charge is 0.497 e. The van der Waals surface area contributed by atoms with E-state index in [9.17, 15) is 10.1 Å². The summed E-state index contributed by atoms with van der Waals surface area (Å²) in [6.07, 6.45) is 0. The van der Waals surface area contributed by atoms with Gasteiger partial charge in [-0.05, 0) is 48.9 Å². The third kappa shape index (κ3) is 4.42. The number of nitrogens with zero attached hydrogens (tertiary/aromatic N) is 6. The molecular formula is C33H27N7O4. The highest BCUT2D eigenvalue weighted by Gasteiger charge is 2.42. The van der Waals surface area contributed by atoms with Crippen LogP contribution < -0.4 is 19.7 Å². The van der Waals surface area contributed by atoms with Crippen molar-refractivity contribution in [3.8, 4) is 17.2 Å². The second-order valence-corrected chi connectivity index (χ2v) is 10.3. The Kier molecular flexibility index (Phi) is 6.54. The van der Waals surface area contributed by atoms with Crippen molar-refractivity contribution in [1.82, 2.24) is 9.78 Å². The second-order valence-electron chi connectivity index (χ2n) is 10.3. The molecule has 1 atom stereocenters. The van der Waals surface area contributed by atoms with Crippen LogP contribution in [0.15, 0.2) is 107 Å². The van der Waals surface area contributed by atoms with Crippen LogP contribution in [0.5, 0.6) is 11.5 Å². The molecule has 0 fully saturated rings. The summed E-state index contributed by atoms with van der Waals surface area (Å²) in [6.45, 7) is 1.94. The molecule has 0 saturated heterocycles. The maximum Gasteiger partial charge on any atom is 0.269 e. The number of anilines is 2. The molecule has 1 aromatic heterocycles. The van der Waals surface area contributed by atoms with Crippen molar-refractivity contribution >= 4 is 40.2 Å². The molecule has 1 N–H and O–H groups in total. The number of aromatic nitrogens is 2. The number of methoxy groups -OCH3 is 2. The lowest BCUT2D eigenvalue weighted by Crippen LogP contribution is -2.46. The molecule has 11 heteroatoms. The van der Waals surface area contributed by atoms with Gasteiger partial charge in [-0.3, -0.25) is 10.1 Å². The first-order valence-corrected chi connectivity index (χ1v) is 13.9. The van der Waals surface area contributed by atoms with Crippen LogP contribution in [0.3, 0.4) is 0 Å². The van der Waals surface area contributed by atoms with Crippen LogP contribution in [0, 0.1) is 17.0 Å². The van der Waals surface area contributed by atoms with Crippen LogP contribution in [0.2, 0.25) is 0 Å². The Hall–Kier alpha value is -5.97. The SMILES string of the molecule is COc1ccc(NC2=Nc3ccccc3N3C2=Nc2c(c(C)nn2-c2ccccc2)[C@H]3c2cccc([N+](=O)[O-])c2)c(OC)c1. The van der Waals surface area contributed by atoms with E-state index >= 15 is 0 Å². The first-order chi connectivity index (χ1) is 21.5. The molecule has 3 heterocycles. The second kappa shape index (κ2) is 10.7. The van der Waals surface area contributed by atoms with E-state index in [1.807, 2.05) is 84.4 Å². The summed E-state index contributed by atoms with van der Waals surface area (Å²) in [5.41, 5.74) is 5.36. The lowest BCUT2D eigenvalue weighted by atomic mass is 9.93. The van der Waals surface area contributed by atoms with Gasteiger partial charge in [0, 0.05) is 23.8 Å². The fraction of sp³-hybridized carbons (Fsp3) is 0.121. The number of nitro benzene ring substituents is 1. The molecule has 7 rings (SSSR count). The predicted octanol–water partition coefficient (Wildman–Crippen LogP) is 6.90. The average molecular weight is 586 g/mol. The van der Waals surface area contributed by atoms with Gasteiger partial charge in [-0.2, -0.15) is 5.10 Å². The molecule has 11 nitrogen and oxygen atoms in total. The van der Waals surface area contributed by atoms with Gasteiger partial charge in [-0.1, -0.05) is 42.5 Å². The molecule has 0 radical (unpaired) electrons. The minimum absolute atomic E-state index is 0.00139. The number of rotatable bonds is 6. The van der Waals surface area contributed by atoms with Gasteiger partial charge in [0.25, 0.3) is 5.69 Å². The number of benzene rings is 4. The van der Waals surface area contributed by atoms with E-state index in [1.54, 1.807) is 32.4 Å². The lowest BCUT2D eigenvalue weighted by molar-refractivity contribution is -0.384. The Morgan fingerprint density at radius 3 is 2.45 bits per heavy atom. The molecule has 0 aliphatic carbocycles. The van der Waals surface area contributed by atoms with Crippen LogP contribution in [0.4, 0.5) is 28.6 Å². The highest BCUT2D eigenvalue weighted by molar-refractivity contribution is 6.51. The van der Waals surface area contributed by atoms with Crippen molar-refractivity contribution in [3.05, 3.63) is 124 Å². The van der Waals surface area contributed by atoms with Gasteiger partial charge < -0.3 is 19.7 Å². The number of hydrogen-bond donors (Lipinski definition) is 1. The molecule has 0 spiro atoms. The van der Waals surface area contributed by atoms with Crippen LogP contribution in [0.1, 0.15) is 22.9 Å². The van der Waals surface area contributed by atoms with E-state index in [1.165, 1.54) is 6.07 Å². The molecule has 0 unspecified atom stereocenters. The first kappa shape index (κ1) is 26.9. The number of aryl methyl sites for hydroxylation is 1. The molecule has 5 aromatic rings. The number of ether oxygens (including phenoxy) is 2. The van der Waals surface area contributed by atoms with Gasteiger partial charge in [0.2, 0.25) is 0 Å². The zero-order valence-corrected chi connectivity index (χ0v) is 24.1. The van der Waals surface area contributed by atoms with Crippen molar-refractivity contribution in [2.75, 3.05) is 24.4 Å². The Morgan fingerprint density at radius 1 is 0.886 bits per heavy atom. The molecule has 4 aromatic carbocycles. The number of hydrogen-bond acceptors (Lipinski definition) is 9. The van der Waals surface area contributed by atoms with Gasteiger partial charge in [-0.25, -0.2) is 14.7 Å². The summed E-state index contributed by atoms with van der Waals surface area (Å²) < 4.78 is 12.9. The van der Waals surface area contributed by atoms with Crippen LogP contribution in [-0.4, -0.2) is 40.6 Å². The van der Waals surface area contributed by atoms with E-state index in [0.717, 1.165) is 28.2 Å². The molecular weight excluding hydrogens is 558 g/mol. The van der Waals surface area contributed by atoms with Crippen LogP contribution >= 0.6 is 0 Å². The Bertz CT molecular complexity index is 1980. The molecule has 0 amide bonds. The van der Waals surface area contributed by atoms with Gasteiger partial charge in [0.15, 0.2) is 17.5 Å². The van der Waals surface area contributed by atoms with Gasteiger partial charge >= 0.3 is 0 Å². The Labute approximate surface area is 252 Å². The molecule has 2 aliphatic heterocycles. The quantitative estimate of drug-likeness (QED) is 0.170. The monoisotopic (exact) mass is 585 g/mol. The minimum Gasteiger partial charge on any atom is -0.497 e. The zero-order chi connectivity index (χ0) is 30.4. The topological polar surface area (TPSA) is 119 Å². The Balaban J connectivity index is 1.49. The lowest BCUT2D eigenvalue weighted by Gasteiger charge is -2.40. The number of fused-ring (bicyclic) bond motifs is 4. The number of nitro groups is 1. The number of para-hydroxylation sites is 3. The summed E-state index contributed by atoms with van der Waals surface area (Å²) in [5, 5.41) is 20.3. The number of non-ortho nitro benzene ring substituents is 1. The molecule has 0 saturated carbocycles. The fourth-order valence-corrected chi connectivity index (χ4v) is 5.70. The average Bonchev–Trinajstić information content (AvgIpc) is 3.40. The van der Waals surface area contributed by atoms with Gasteiger partial charge in [0.1, 0.15) is 11.5 Å². The van der Waals surface area contributed by atoms with E-state index in [2.05, 4.69) is 10.2 Å². The van der Waals surface area contributed by atoms with Crippen molar-refractivity contribution in [2.45, 2.75) is 13.0 Å². The number of nitrogens with one attached hydrogen (secondary N) is 1. The third-order valence-corrected chi connectivity index (χ3v) is 7.70. The van der Waals surface area contributed by atoms with E-state index in [0.29, 0.717) is 40.4 Å². The Morgan fingerprint density at radius 2 is 1.68 bits per heavy atom. The van der Waals surface area contributed by atoms with Crippen molar-refractivity contribution < 1.29 is 14.4 Å². The zero-order valence-electron chi connectivity index (χ0n) is 24.1. The third-order valence-electron chi connectivity index (χ3n) is 7.70. The van der Waals surface area contributed by atoms with Crippen LogP contribution in [-0.2, 0) is 0 Å². The first-order valence-electron chi connectivity index (χ1n) is 13.9. The minimum atomic E-state index is -0.499. The van der Waals surface area contributed by atoms with Crippen molar-refractivity contribution in [1.29, 1.82) is 0 Å². The number of amidine groups is 2. The van der Waals surface area contributed by atoms with E-state index in [4.69, 9.17) is 24.6 Å². The number of aliphatic imine (C=N–C) groups is 2. The fourth-order valence-electron chi connectivity index (χ4n) is 5.70. The summed E-state index contributed by atoms with van der Waals surface area (Å²) in [7, 11) is 3.19. The highest BCUT2D eigenvalue weighted by Crippen LogP contribution is 2.48. The molecule has 2 aliphatic rings. The maximum absolute atomic E-state index is 11.9. The predicted molar refractivity (Wildman–Crippen MR) is 170 cm³/mol. The standard InChI is InChI=1S/C33H27N7O4/c1-20-29-30(21-10-9-13-23(18-21)40(41)42)38-27-15-8-7-14-25(27)34-31(35-26-17-16-24(43-2)19-28(26)44-3)33(38)36-32(29)39(37-20)22-11-5-4-6-12-22/h4-19,30H,1-3H3,(H,34,35)/t30-/m1/s1. The summed E-state index contributed by atoms with van der Waals surface area (Å²) in [4.78, 5) is 23.8. The smallest absolute Gasteiger partial charge is 0.269 e. The summed E-state index contributed by atoms with van der Waals surface area (Å²) in [6, 6.07) is 29.2. The molecule has 218 valence electrons. The van der Waals surface area contributed by atoms with Crippen molar-refractivity contribution in [3.63, 3.8) is 0 Å². The van der Waals surface area contributed by atoms with Crippen molar-refractivity contribution in [2.24, 2.45) is 9.98 Å². The maximum atomic E-state index is 11.9. The van der Waals surface area contributed by atoms with Gasteiger partial charge in [0.05, 0.1) is 53.6 Å². The van der Waals surface area contributed by atoms with Crippen LogP contribution in [0.25, 0.3) is 5.69 Å². The van der Waals surface area contributed by atoms with E-state index in [-0.39, 0.29) is 10.6 Å². The highest BCUT2D eigenvalue weighted by atomic mass is 16.6. The molecule has 0 bridgehead atoms. The van der Waals surface area contributed by atoms with E-state index < -0.39 is 6.04 Å². The van der Waals surface area contributed by atoms with Gasteiger partial charge in [-0.15, -0.1) is 0 Å². The summed E-state index contributed by atoms with van der Waals surface area (Å²) in [5.74, 6) is 2.84. The molecule has 44 heavy (non-hydrogen) atoms. The normalized spacial score (nSPS) is 14.9.